The maximum absolute atomic E-state index is 13.4. The summed E-state index contributed by atoms with van der Waals surface area (Å²) >= 11 is 0. The van der Waals surface area contributed by atoms with Gasteiger partial charge < -0.3 is 16.2 Å². The number of hydrogen-bond donors (Lipinski definition) is 3. The Morgan fingerprint density at radius 1 is 1.19 bits per heavy atom. The molecular formula is C22H20F2N6O2. The van der Waals surface area contributed by atoms with E-state index in [-0.39, 0.29) is 5.56 Å². The van der Waals surface area contributed by atoms with Gasteiger partial charge in [-0.3, -0.25) is 4.79 Å². The number of carbonyl (C=O) groups excluding carboxylic acids is 1. The lowest BCUT2D eigenvalue weighted by molar-refractivity contribution is -0.124. The van der Waals surface area contributed by atoms with E-state index in [1.54, 1.807) is 22.9 Å². The van der Waals surface area contributed by atoms with E-state index in [9.17, 15) is 18.7 Å². The molecular weight excluding hydrogens is 418 g/mol. The number of anilines is 2. The molecule has 2 aromatic heterocycles. The van der Waals surface area contributed by atoms with E-state index in [0.717, 1.165) is 23.4 Å². The van der Waals surface area contributed by atoms with Crippen molar-refractivity contribution < 1.29 is 18.7 Å². The highest BCUT2D eigenvalue weighted by atomic mass is 19.1. The third kappa shape index (κ3) is 3.87. The Bertz CT molecular complexity index is 1320. The van der Waals surface area contributed by atoms with Crippen molar-refractivity contribution in [2.75, 3.05) is 11.1 Å². The number of aliphatic hydroxyl groups excluding tert-OH is 1. The van der Waals surface area contributed by atoms with Gasteiger partial charge >= 0.3 is 0 Å². The third-order valence-electron chi connectivity index (χ3n) is 5.03. The summed E-state index contributed by atoms with van der Waals surface area (Å²) in [5.74, 6) is -2.29. The molecule has 0 fully saturated rings. The van der Waals surface area contributed by atoms with Crippen molar-refractivity contribution in [3.05, 3.63) is 71.2 Å². The predicted octanol–water partition coefficient (Wildman–Crippen LogP) is 3.22. The number of nitrogen functional groups attached to an aromatic ring is 1. The van der Waals surface area contributed by atoms with Gasteiger partial charge in [-0.25, -0.2) is 23.4 Å². The minimum Gasteiger partial charge on any atom is -0.382 e. The van der Waals surface area contributed by atoms with Gasteiger partial charge in [-0.2, -0.15) is 5.10 Å². The average Bonchev–Trinajstić information content (AvgIpc) is 3.12. The van der Waals surface area contributed by atoms with Crippen LogP contribution in [0.4, 0.5) is 20.3 Å². The Labute approximate surface area is 181 Å². The van der Waals surface area contributed by atoms with Crippen molar-refractivity contribution in [1.82, 2.24) is 19.7 Å². The molecule has 2 aromatic carbocycles. The van der Waals surface area contributed by atoms with Crippen molar-refractivity contribution in [3.63, 3.8) is 0 Å². The molecule has 0 saturated carbocycles. The van der Waals surface area contributed by atoms with Gasteiger partial charge in [0.05, 0.1) is 11.4 Å². The molecule has 4 rings (SSSR count). The fourth-order valence-electron chi connectivity index (χ4n) is 3.51. The lowest BCUT2D eigenvalue weighted by atomic mass is 10.1. The summed E-state index contributed by atoms with van der Waals surface area (Å²) in [6.07, 6.45) is 0.315. The van der Waals surface area contributed by atoms with Gasteiger partial charge in [0.25, 0.3) is 5.91 Å². The molecule has 0 aliphatic heterocycles. The molecule has 0 aliphatic rings. The molecule has 8 nitrogen and oxygen atoms in total. The molecule has 0 bridgehead atoms. The summed E-state index contributed by atoms with van der Waals surface area (Å²) in [6, 6.07) is 7.52. The van der Waals surface area contributed by atoms with Crippen LogP contribution in [0.15, 0.2) is 42.7 Å². The molecule has 0 radical (unpaired) electrons. The van der Waals surface area contributed by atoms with E-state index < -0.39 is 23.6 Å². The fraction of sp³-hybridized carbons (Fsp3) is 0.182. The molecule has 0 unspecified atom stereocenters. The van der Waals surface area contributed by atoms with Crippen LogP contribution in [0.2, 0.25) is 0 Å². The molecule has 1 atom stereocenters. The number of benzene rings is 2. The quantitative estimate of drug-likeness (QED) is 0.440. The SMILES string of the molecule is CCc1nn(-c2ccc(NC(=O)[C@H](O)c3cc(F)cc(F)c3)cc2C)c2c(N)ncnc12. The molecule has 0 saturated heterocycles. The predicted molar refractivity (Wildman–Crippen MR) is 115 cm³/mol. The Morgan fingerprint density at radius 3 is 2.56 bits per heavy atom. The number of fused-ring (bicyclic) bond motifs is 1. The second-order valence-corrected chi connectivity index (χ2v) is 7.26. The Hall–Kier alpha value is -3.92. The van der Waals surface area contributed by atoms with Gasteiger partial charge in [-0.15, -0.1) is 0 Å². The first kappa shape index (κ1) is 21.3. The lowest BCUT2D eigenvalue weighted by Gasteiger charge is -2.14. The summed E-state index contributed by atoms with van der Waals surface area (Å²) in [5, 5.41) is 17.4. The molecule has 4 aromatic rings. The zero-order valence-corrected chi connectivity index (χ0v) is 17.3. The zero-order chi connectivity index (χ0) is 23.0. The lowest BCUT2D eigenvalue weighted by Crippen LogP contribution is -2.21. The van der Waals surface area contributed by atoms with Crippen molar-refractivity contribution in [2.45, 2.75) is 26.4 Å². The second kappa shape index (κ2) is 8.31. The first-order chi connectivity index (χ1) is 15.3. The molecule has 1 amide bonds. The minimum absolute atomic E-state index is 0.182. The average molecular weight is 438 g/mol. The number of rotatable bonds is 5. The largest absolute Gasteiger partial charge is 0.382 e. The Balaban J connectivity index is 1.63. The Morgan fingerprint density at radius 2 is 1.91 bits per heavy atom. The minimum atomic E-state index is -1.74. The number of aryl methyl sites for hydroxylation is 2. The monoisotopic (exact) mass is 438 g/mol. The van der Waals surface area contributed by atoms with E-state index in [2.05, 4.69) is 20.4 Å². The molecule has 32 heavy (non-hydrogen) atoms. The van der Waals surface area contributed by atoms with Crippen molar-refractivity contribution in [3.8, 4) is 5.69 Å². The molecule has 0 aliphatic carbocycles. The van der Waals surface area contributed by atoms with E-state index in [1.165, 1.54) is 6.33 Å². The number of nitrogens with zero attached hydrogens (tertiary/aromatic N) is 4. The fourth-order valence-corrected chi connectivity index (χ4v) is 3.51. The van der Waals surface area contributed by atoms with Gasteiger partial charge in [-0.1, -0.05) is 6.92 Å². The molecule has 0 spiro atoms. The first-order valence-corrected chi connectivity index (χ1v) is 9.82. The van der Waals surface area contributed by atoms with E-state index in [1.807, 2.05) is 13.8 Å². The number of halogens is 2. The van der Waals surface area contributed by atoms with Crippen LogP contribution in [-0.4, -0.2) is 30.8 Å². The normalized spacial score (nSPS) is 12.2. The highest BCUT2D eigenvalue weighted by molar-refractivity contribution is 5.95. The second-order valence-electron chi connectivity index (χ2n) is 7.26. The maximum atomic E-state index is 13.4. The number of aromatic nitrogens is 4. The topological polar surface area (TPSA) is 119 Å². The van der Waals surface area contributed by atoms with Crippen molar-refractivity contribution in [2.24, 2.45) is 0 Å². The smallest absolute Gasteiger partial charge is 0.257 e. The standard InChI is InChI=1S/C22H20F2N6O2/c1-3-16-18-19(21(25)27-10-26-18)30(29-16)17-5-4-15(6-11(17)2)28-22(32)20(31)12-7-13(23)9-14(24)8-12/h4-10,20,31H,3H2,1-2H3,(H,28,32)(H2,25,26,27)/t20-/m1/s1. The van der Waals surface area contributed by atoms with Crippen LogP contribution < -0.4 is 11.1 Å². The van der Waals surface area contributed by atoms with E-state index in [0.29, 0.717) is 40.7 Å². The van der Waals surface area contributed by atoms with E-state index in [4.69, 9.17) is 5.73 Å². The van der Waals surface area contributed by atoms with Gasteiger partial charge in [0.1, 0.15) is 29.0 Å². The zero-order valence-electron chi connectivity index (χ0n) is 17.3. The van der Waals surface area contributed by atoms with Crippen LogP contribution in [0.1, 0.15) is 29.8 Å². The number of aliphatic hydroxyl groups is 1. The summed E-state index contributed by atoms with van der Waals surface area (Å²) in [4.78, 5) is 20.8. The van der Waals surface area contributed by atoms with Crippen molar-refractivity contribution in [1.29, 1.82) is 0 Å². The van der Waals surface area contributed by atoms with Crippen LogP contribution in [-0.2, 0) is 11.2 Å². The highest BCUT2D eigenvalue weighted by Gasteiger charge is 2.20. The number of nitrogens with two attached hydrogens (primary N) is 1. The van der Waals surface area contributed by atoms with Gasteiger partial charge in [0, 0.05) is 11.8 Å². The number of nitrogens with one attached hydrogen (secondary N) is 1. The number of carbonyl (C=O) groups is 1. The third-order valence-corrected chi connectivity index (χ3v) is 5.03. The van der Waals surface area contributed by atoms with Crippen LogP contribution in [0.5, 0.6) is 0 Å². The molecule has 2 heterocycles. The molecule has 164 valence electrons. The van der Waals surface area contributed by atoms with Crippen LogP contribution in [0.25, 0.3) is 16.7 Å². The van der Waals surface area contributed by atoms with Gasteiger partial charge in [0.15, 0.2) is 11.9 Å². The van der Waals surface area contributed by atoms with Crippen LogP contribution in [0.3, 0.4) is 0 Å². The summed E-state index contributed by atoms with van der Waals surface area (Å²) < 4.78 is 28.5. The van der Waals surface area contributed by atoms with Crippen LogP contribution in [0, 0.1) is 18.6 Å². The van der Waals surface area contributed by atoms with Crippen molar-refractivity contribution >= 4 is 28.4 Å². The summed E-state index contributed by atoms with van der Waals surface area (Å²) in [6.45, 7) is 3.79. The molecule has 4 N–H and O–H groups in total. The van der Waals surface area contributed by atoms with Gasteiger partial charge in [-0.05, 0) is 54.8 Å². The summed E-state index contributed by atoms with van der Waals surface area (Å²) in [7, 11) is 0. The Kier molecular flexibility index (Phi) is 5.54. The van der Waals surface area contributed by atoms with Crippen LogP contribution >= 0.6 is 0 Å². The highest BCUT2D eigenvalue weighted by Crippen LogP contribution is 2.27. The molecule has 10 heteroatoms. The maximum Gasteiger partial charge on any atom is 0.257 e. The number of amides is 1. The van der Waals surface area contributed by atoms with Gasteiger partial charge in [0.2, 0.25) is 0 Å². The first-order valence-electron chi connectivity index (χ1n) is 9.82. The van der Waals surface area contributed by atoms with E-state index >= 15 is 0 Å². The number of hydrogen-bond acceptors (Lipinski definition) is 6. The summed E-state index contributed by atoms with van der Waals surface area (Å²) in [5.41, 5.74) is 9.78.